The van der Waals surface area contributed by atoms with Gasteiger partial charge >= 0.3 is 11.9 Å². The van der Waals surface area contributed by atoms with Crippen LogP contribution in [-0.2, 0) is 19.1 Å². The summed E-state index contributed by atoms with van der Waals surface area (Å²) in [6.45, 7) is 1.72. The molecule has 1 unspecified atom stereocenters. The van der Waals surface area contributed by atoms with Crippen molar-refractivity contribution in [3.8, 4) is 0 Å². The number of aliphatic imine (C=N–C) groups is 1. The molecule has 162 valence electrons. The van der Waals surface area contributed by atoms with E-state index >= 15 is 0 Å². The number of aromatic nitrogens is 2. The van der Waals surface area contributed by atoms with Crippen LogP contribution in [0, 0.1) is 0 Å². The van der Waals surface area contributed by atoms with Crippen LogP contribution in [0.25, 0.3) is 5.76 Å². The second kappa shape index (κ2) is 12.0. The molecule has 1 aromatic carbocycles. The third-order valence-electron chi connectivity index (χ3n) is 3.63. The topological polar surface area (TPSA) is 135 Å². The Kier molecular flexibility index (Phi) is 9.12. The monoisotopic (exact) mass is 445 g/mol. The number of rotatable bonds is 9. The number of hydrazone groups is 1. The molecule has 11 heteroatoms. The highest BCUT2D eigenvalue weighted by molar-refractivity contribution is 6.29. The summed E-state index contributed by atoms with van der Waals surface area (Å²) >= 11 is 5.66. The summed E-state index contributed by atoms with van der Waals surface area (Å²) in [5.74, 6) is -1.62. The number of esters is 2. The molecule has 0 aliphatic carbocycles. The molecule has 0 saturated heterocycles. The molecule has 2 N–H and O–H groups in total. The molecular formula is C20H20ClN5O5. The molecule has 0 saturated carbocycles. The van der Waals surface area contributed by atoms with Gasteiger partial charge in [-0.2, -0.15) is 5.10 Å². The summed E-state index contributed by atoms with van der Waals surface area (Å²) in [5, 5.41) is 22.0. The van der Waals surface area contributed by atoms with Gasteiger partial charge in [-0.1, -0.05) is 41.9 Å². The van der Waals surface area contributed by atoms with Crippen molar-refractivity contribution in [2.24, 2.45) is 10.1 Å². The lowest BCUT2D eigenvalue weighted by Crippen LogP contribution is -2.23. The van der Waals surface area contributed by atoms with E-state index in [-0.39, 0.29) is 28.9 Å². The molecule has 0 spiro atoms. The SMILES string of the molecule is CCOC(=O)/C(C=NC(/C=N/Nc1ccc(Cl)nn1)C(=O)OC)=C(\O)c1ccccc1. The lowest BCUT2D eigenvalue weighted by Gasteiger charge is -2.08. The van der Waals surface area contributed by atoms with E-state index in [0.717, 1.165) is 12.4 Å². The maximum atomic E-state index is 12.3. The van der Waals surface area contributed by atoms with Crippen LogP contribution in [0.5, 0.6) is 0 Å². The van der Waals surface area contributed by atoms with Crippen molar-refractivity contribution in [2.75, 3.05) is 19.1 Å². The number of aliphatic hydroxyl groups excluding tert-OH is 1. The van der Waals surface area contributed by atoms with E-state index in [2.05, 4.69) is 25.7 Å². The van der Waals surface area contributed by atoms with E-state index in [0.29, 0.717) is 5.56 Å². The smallest absolute Gasteiger partial charge is 0.343 e. The van der Waals surface area contributed by atoms with Crippen molar-refractivity contribution in [1.82, 2.24) is 10.2 Å². The van der Waals surface area contributed by atoms with Gasteiger partial charge in [0.15, 0.2) is 17.0 Å². The molecule has 2 aromatic rings. The van der Waals surface area contributed by atoms with Crippen LogP contribution in [0.15, 0.2) is 58.1 Å². The Morgan fingerprint density at radius 2 is 1.97 bits per heavy atom. The molecule has 0 amide bonds. The second-order valence-corrected chi connectivity index (χ2v) is 6.11. The first-order valence-corrected chi connectivity index (χ1v) is 9.39. The number of benzene rings is 1. The first-order valence-electron chi connectivity index (χ1n) is 9.01. The lowest BCUT2D eigenvalue weighted by atomic mass is 10.1. The van der Waals surface area contributed by atoms with Crippen molar-refractivity contribution in [1.29, 1.82) is 0 Å². The Labute approximate surface area is 183 Å². The Hall–Kier alpha value is -3.79. The predicted octanol–water partition coefficient (Wildman–Crippen LogP) is 2.67. The molecular weight excluding hydrogens is 426 g/mol. The predicted molar refractivity (Wildman–Crippen MR) is 116 cm³/mol. The maximum Gasteiger partial charge on any atom is 0.343 e. The average molecular weight is 446 g/mol. The standard InChI is InChI=1S/C20H20ClN5O5/c1-3-31-19(28)14(18(27)13-7-5-4-6-8-13)11-22-15(20(29)30-2)12-23-25-17-10-9-16(21)24-26-17/h4-12,15,27H,3H2,1-2H3,(H,25,26)/b18-14-,22-11?,23-12+. The minimum Gasteiger partial charge on any atom is -0.506 e. The molecule has 0 aliphatic heterocycles. The van der Waals surface area contributed by atoms with Crippen molar-refractivity contribution in [3.05, 3.63) is 58.8 Å². The van der Waals surface area contributed by atoms with E-state index in [1.165, 1.54) is 19.2 Å². The highest BCUT2D eigenvalue weighted by Crippen LogP contribution is 2.16. The zero-order chi connectivity index (χ0) is 22.6. The zero-order valence-electron chi connectivity index (χ0n) is 16.7. The normalized spacial score (nSPS) is 13.0. The summed E-state index contributed by atoms with van der Waals surface area (Å²) < 4.78 is 9.68. The molecule has 2 rings (SSSR count). The van der Waals surface area contributed by atoms with Crippen LogP contribution in [0.1, 0.15) is 12.5 Å². The first kappa shape index (κ1) is 23.5. The van der Waals surface area contributed by atoms with Crippen LogP contribution in [0.4, 0.5) is 5.82 Å². The van der Waals surface area contributed by atoms with Gasteiger partial charge in [-0.25, -0.2) is 9.59 Å². The number of anilines is 1. The van der Waals surface area contributed by atoms with Gasteiger partial charge in [0.05, 0.1) is 19.9 Å². The summed E-state index contributed by atoms with van der Waals surface area (Å²) in [6, 6.07) is 10.2. The number of hydrogen-bond donors (Lipinski definition) is 2. The molecule has 1 heterocycles. The second-order valence-electron chi connectivity index (χ2n) is 5.73. The number of ether oxygens (including phenoxy) is 2. The van der Waals surface area contributed by atoms with Crippen molar-refractivity contribution >= 4 is 47.5 Å². The van der Waals surface area contributed by atoms with Gasteiger partial charge in [-0.3, -0.25) is 10.4 Å². The Morgan fingerprint density at radius 1 is 1.23 bits per heavy atom. The van der Waals surface area contributed by atoms with Gasteiger partial charge in [0.25, 0.3) is 0 Å². The van der Waals surface area contributed by atoms with E-state index in [9.17, 15) is 14.7 Å². The Morgan fingerprint density at radius 3 is 2.58 bits per heavy atom. The van der Waals surface area contributed by atoms with E-state index in [1.807, 2.05) is 0 Å². The number of halogens is 1. The minimum atomic E-state index is -1.22. The maximum absolute atomic E-state index is 12.3. The largest absolute Gasteiger partial charge is 0.506 e. The summed E-state index contributed by atoms with van der Waals surface area (Å²) in [5.41, 5.74) is 2.71. The molecule has 0 radical (unpaired) electrons. The number of nitrogens with zero attached hydrogens (tertiary/aromatic N) is 4. The van der Waals surface area contributed by atoms with Crippen molar-refractivity contribution < 1.29 is 24.2 Å². The van der Waals surface area contributed by atoms with Gasteiger partial charge in [0.1, 0.15) is 11.3 Å². The van der Waals surface area contributed by atoms with Crippen LogP contribution >= 0.6 is 11.6 Å². The molecule has 0 fully saturated rings. The molecule has 1 aromatic heterocycles. The molecule has 1 atom stereocenters. The zero-order valence-corrected chi connectivity index (χ0v) is 17.5. The van der Waals surface area contributed by atoms with Crippen LogP contribution in [0.3, 0.4) is 0 Å². The lowest BCUT2D eigenvalue weighted by molar-refractivity contribution is -0.140. The Bertz CT molecular complexity index is 977. The van der Waals surface area contributed by atoms with Crippen LogP contribution < -0.4 is 5.43 Å². The average Bonchev–Trinajstić information content (AvgIpc) is 2.79. The number of carbonyl (C=O) groups is 2. The third kappa shape index (κ3) is 7.19. The molecule has 10 nitrogen and oxygen atoms in total. The van der Waals surface area contributed by atoms with E-state index in [1.54, 1.807) is 37.3 Å². The van der Waals surface area contributed by atoms with Crippen molar-refractivity contribution in [3.63, 3.8) is 0 Å². The number of hydrogen-bond acceptors (Lipinski definition) is 10. The molecule has 0 aliphatic rings. The Balaban J connectivity index is 2.29. The number of aliphatic hydroxyl groups is 1. The quantitative estimate of drug-likeness (QED) is 0.198. The fourth-order valence-corrected chi connectivity index (χ4v) is 2.26. The van der Waals surface area contributed by atoms with Crippen LogP contribution in [-0.4, -0.2) is 59.4 Å². The van der Waals surface area contributed by atoms with Crippen LogP contribution in [0.2, 0.25) is 5.15 Å². The molecule has 0 bridgehead atoms. The van der Waals surface area contributed by atoms with Crippen molar-refractivity contribution in [2.45, 2.75) is 13.0 Å². The first-order chi connectivity index (χ1) is 15.0. The fourth-order valence-electron chi connectivity index (χ4n) is 2.16. The number of carbonyl (C=O) groups excluding carboxylic acids is 2. The number of nitrogens with one attached hydrogen (secondary N) is 1. The van der Waals surface area contributed by atoms with Gasteiger partial charge in [0, 0.05) is 11.8 Å². The van der Waals surface area contributed by atoms with Gasteiger partial charge < -0.3 is 14.6 Å². The van der Waals surface area contributed by atoms with Gasteiger partial charge in [-0.05, 0) is 19.1 Å². The summed E-state index contributed by atoms with van der Waals surface area (Å²) in [7, 11) is 1.18. The number of methoxy groups -OCH3 is 1. The van der Waals surface area contributed by atoms with Gasteiger partial charge in [0.2, 0.25) is 0 Å². The van der Waals surface area contributed by atoms with Gasteiger partial charge in [-0.15, -0.1) is 10.2 Å². The van der Waals surface area contributed by atoms with E-state index < -0.39 is 18.0 Å². The fraction of sp³-hybridized carbons (Fsp3) is 0.200. The van der Waals surface area contributed by atoms with E-state index in [4.69, 9.17) is 21.1 Å². The minimum absolute atomic E-state index is 0.0895. The highest BCUT2D eigenvalue weighted by Gasteiger charge is 2.19. The molecule has 31 heavy (non-hydrogen) atoms. The third-order valence-corrected chi connectivity index (χ3v) is 3.83. The summed E-state index contributed by atoms with van der Waals surface area (Å²) in [4.78, 5) is 28.4. The summed E-state index contributed by atoms with van der Waals surface area (Å²) in [6.07, 6.45) is 2.18. The highest BCUT2D eigenvalue weighted by atomic mass is 35.5.